The molecule has 1 N–H and O–H groups in total. The predicted molar refractivity (Wildman–Crippen MR) is 168 cm³/mol. The first-order valence-corrected chi connectivity index (χ1v) is 16.5. The lowest BCUT2D eigenvalue weighted by Gasteiger charge is -2.31. The number of sulfonamides is 1. The van der Waals surface area contributed by atoms with Gasteiger partial charge < -0.3 is 14.2 Å². The van der Waals surface area contributed by atoms with Crippen molar-refractivity contribution >= 4 is 32.9 Å². The number of nitrogens with zero attached hydrogens (tertiary/aromatic N) is 2. The summed E-state index contributed by atoms with van der Waals surface area (Å²) in [6.45, 7) is 5.39. The van der Waals surface area contributed by atoms with Crippen LogP contribution in [0.5, 0.6) is 0 Å². The lowest BCUT2D eigenvalue weighted by Crippen LogP contribution is -2.44. The molecule has 4 aromatic rings. The average Bonchev–Trinajstić information content (AvgIpc) is 3.27. The summed E-state index contributed by atoms with van der Waals surface area (Å²) in [5.74, 6) is -1.17. The molecule has 2 heterocycles. The van der Waals surface area contributed by atoms with Crippen LogP contribution < -0.4 is 4.72 Å². The number of fused-ring (bicyclic) bond motifs is 1. The Kier molecular flexibility index (Phi) is 9.50. The number of nitrogens with one attached hydrogen (secondary N) is 1. The number of aryl methyl sites for hydroxylation is 4. The van der Waals surface area contributed by atoms with E-state index in [0.29, 0.717) is 31.6 Å². The molecule has 5 rings (SSSR count). The molecule has 0 unspecified atom stereocenters. The fourth-order valence-corrected chi connectivity index (χ4v) is 7.32. The van der Waals surface area contributed by atoms with Gasteiger partial charge in [-0.25, -0.2) is 17.9 Å². The molecule has 226 valence electrons. The number of ether oxygens (including phenoxy) is 1. The predicted octanol–water partition coefficient (Wildman–Crippen LogP) is 6.00. The zero-order valence-corrected chi connectivity index (χ0v) is 25.6. The van der Waals surface area contributed by atoms with Crippen molar-refractivity contribution in [1.82, 2.24) is 14.2 Å². The van der Waals surface area contributed by atoms with Crippen LogP contribution in [-0.4, -0.2) is 48.7 Å². The van der Waals surface area contributed by atoms with Crippen molar-refractivity contribution in [3.05, 3.63) is 107 Å². The minimum atomic E-state index is -3.97. The molecule has 2 amide bonds. The first-order chi connectivity index (χ1) is 20.7. The van der Waals surface area contributed by atoms with Gasteiger partial charge >= 0.3 is 6.09 Å². The summed E-state index contributed by atoms with van der Waals surface area (Å²) < 4.78 is 36.3. The van der Waals surface area contributed by atoms with Gasteiger partial charge in [0.2, 0.25) is 10.0 Å². The van der Waals surface area contributed by atoms with Gasteiger partial charge in [0.1, 0.15) is 12.3 Å². The van der Waals surface area contributed by atoms with Gasteiger partial charge in [-0.15, -0.1) is 0 Å². The quantitative estimate of drug-likeness (QED) is 0.241. The second-order valence-electron chi connectivity index (χ2n) is 11.4. The molecule has 9 heteroatoms. The molecule has 0 bridgehead atoms. The smallest absolute Gasteiger partial charge is 0.410 e. The summed E-state index contributed by atoms with van der Waals surface area (Å²) in [5, 5.41) is 0.935. The van der Waals surface area contributed by atoms with Gasteiger partial charge in [-0.2, -0.15) is 0 Å². The number of carbonyl (C=O) groups is 2. The Morgan fingerprint density at radius 2 is 1.65 bits per heavy atom. The Hall–Kier alpha value is -4.11. The van der Waals surface area contributed by atoms with E-state index in [2.05, 4.69) is 16.9 Å². The molecule has 0 radical (unpaired) electrons. The second-order valence-corrected chi connectivity index (χ2v) is 13.2. The van der Waals surface area contributed by atoms with E-state index in [-0.39, 0.29) is 24.8 Å². The van der Waals surface area contributed by atoms with Crippen molar-refractivity contribution in [2.24, 2.45) is 5.92 Å². The van der Waals surface area contributed by atoms with Crippen molar-refractivity contribution < 1.29 is 22.7 Å². The summed E-state index contributed by atoms with van der Waals surface area (Å²) >= 11 is 0. The molecule has 1 atom stereocenters. The fraction of sp³-hybridized carbons (Fsp3) is 0.353. The number of hydrogen-bond acceptors (Lipinski definition) is 5. The van der Waals surface area contributed by atoms with E-state index in [4.69, 9.17) is 4.74 Å². The maximum absolute atomic E-state index is 13.6. The van der Waals surface area contributed by atoms with Crippen LogP contribution in [-0.2, 0) is 34.3 Å². The summed E-state index contributed by atoms with van der Waals surface area (Å²) in [4.78, 5) is 27.9. The molecule has 0 spiro atoms. The third-order valence-corrected chi connectivity index (χ3v) is 9.47. The van der Waals surface area contributed by atoms with Gasteiger partial charge in [-0.3, -0.25) is 4.79 Å². The molecule has 1 saturated heterocycles. The van der Waals surface area contributed by atoms with Crippen molar-refractivity contribution in [2.45, 2.75) is 52.7 Å². The Bertz CT molecular complexity index is 1680. The van der Waals surface area contributed by atoms with E-state index in [1.807, 2.05) is 85.1 Å². The normalized spacial score (nSPS) is 15.4. The molecular weight excluding hydrogens is 562 g/mol. The van der Waals surface area contributed by atoms with E-state index < -0.39 is 22.0 Å². The SMILES string of the molecule is Cc1ccc2c(C)c(C(=O)NS(=O)(=O)C[C@@H]3CCCN(C(=O)OCc4ccccc4)C3)n(CCCc3ccccc3)c2c1. The van der Waals surface area contributed by atoms with E-state index in [9.17, 15) is 18.0 Å². The van der Waals surface area contributed by atoms with Gasteiger partial charge in [0.05, 0.1) is 5.75 Å². The zero-order chi connectivity index (χ0) is 30.4. The summed E-state index contributed by atoms with van der Waals surface area (Å²) in [6.07, 6.45) is 2.50. The first kappa shape index (κ1) is 30.4. The highest BCUT2D eigenvalue weighted by Gasteiger charge is 2.30. The molecule has 8 nitrogen and oxygen atoms in total. The Morgan fingerprint density at radius 3 is 2.37 bits per heavy atom. The van der Waals surface area contributed by atoms with E-state index in [1.54, 1.807) is 4.90 Å². The third kappa shape index (κ3) is 7.65. The highest BCUT2D eigenvalue weighted by Crippen LogP contribution is 2.28. The minimum Gasteiger partial charge on any atom is -0.445 e. The van der Waals surface area contributed by atoms with E-state index in [1.165, 1.54) is 5.56 Å². The van der Waals surface area contributed by atoms with Crippen molar-refractivity contribution in [2.75, 3.05) is 18.8 Å². The molecule has 1 aliphatic rings. The van der Waals surface area contributed by atoms with Gasteiger partial charge in [-0.1, -0.05) is 72.8 Å². The van der Waals surface area contributed by atoms with Gasteiger partial charge in [0.25, 0.3) is 5.91 Å². The van der Waals surface area contributed by atoms with Crippen LogP contribution in [0.2, 0.25) is 0 Å². The highest BCUT2D eigenvalue weighted by atomic mass is 32.2. The Labute approximate surface area is 253 Å². The number of likely N-dealkylation sites (tertiary alicyclic amines) is 1. The standard InChI is InChI=1S/C34H39N3O5S/c1-25-17-18-30-26(2)32(37(31(30)21-25)20-10-15-27-11-5-3-6-12-27)33(38)35-43(40,41)24-29-16-9-19-36(22-29)34(39)42-23-28-13-7-4-8-14-28/h3-8,11-14,17-18,21,29H,9-10,15-16,19-20,22-24H2,1-2H3,(H,35,38)/t29-/m1/s1. The molecule has 0 saturated carbocycles. The number of carbonyl (C=O) groups excluding carboxylic acids is 2. The number of benzene rings is 3. The van der Waals surface area contributed by atoms with Crippen LogP contribution in [0, 0.1) is 19.8 Å². The van der Waals surface area contributed by atoms with Crippen LogP contribution in [0.3, 0.4) is 0 Å². The fourth-order valence-electron chi connectivity index (χ4n) is 5.96. The topological polar surface area (TPSA) is 97.7 Å². The molecule has 3 aromatic carbocycles. The van der Waals surface area contributed by atoms with Gasteiger partial charge in [0, 0.05) is 30.5 Å². The molecule has 0 aliphatic carbocycles. The molecular formula is C34H39N3O5S. The lowest BCUT2D eigenvalue weighted by atomic mass is 10.0. The number of hydrogen-bond donors (Lipinski definition) is 1. The molecule has 43 heavy (non-hydrogen) atoms. The van der Waals surface area contributed by atoms with Gasteiger partial charge in [0.15, 0.2) is 0 Å². The maximum atomic E-state index is 13.6. The van der Waals surface area contributed by atoms with Crippen molar-refractivity contribution in [1.29, 1.82) is 0 Å². The lowest BCUT2D eigenvalue weighted by molar-refractivity contribution is 0.0811. The monoisotopic (exact) mass is 601 g/mol. The van der Waals surface area contributed by atoms with E-state index in [0.717, 1.165) is 40.4 Å². The number of aromatic nitrogens is 1. The minimum absolute atomic E-state index is 0.160. The van der Waals surface area contributed by atoms with E-state index >= 15 is 0 Å². The maximum Gasteiger partial charge on any atom is 0.410 e. The summed E-state index contributed by atoms with van der Waals surface area (Å²) in [7, 11) is -3.97. The van der Waals surface area contributed by atoms with Crippen LogP contribution in [0.4, 0.5) is 4.79 Å². The molecule has 1 fully saturated rings. The highest BCUT2D eigenvalue weighted by molar-refractivity contribution is 7.90. The third-order valence-electron chi connectivity index (χ3n) is 8.06. The Morgan fingerprint density at radius 1 is 0.953 bits per heavy atom. The van der Waals surface area contributed by atoms with Gasteiger partial charge in [-0.05, 0) is 73.8 Å². The number of rotatable bonds is 10. The first-order valence-electron chi connectivity index (χ1n) is 14.8. The van der Waals surface area contributed by atoms with Crippen LogP contribution in [0.1, 0.15) is 52.0 Å². The number of amides is 2. The van der Waals surface area contributed by atoms with Crippen LogP contribution >= 0.6 is 0 Å². The average molecular weight is 602 g/mol. The zero-order valence-electron chi connectivity index (χ0n) is 24.8. The largest absolute Gasteiger partial charge is 0.445 e. The van der Waals surface area contributed by atoms with Crippen LogP contribution in [0.15, 0.2) is 78.9 Å². The van der Waals surface area contributed by atoms with Crippen molar-refractivity contribution in [3.8, 4) is 0 Å². The summed E-state index contributed by atoms with van der Waals surface area (Å²) in [5.41, 5.74) is 5.21. The summed E-state index contributed by atoms with van der Waals surface area (Å²) in [6, 6.07) is 25.6. The second kappa shape index (κ2) is 13.5. The Balaban J connectivity index is 1.26. The van der Waals surface area contributed by atoms with Crippen LogP contribution in [0.25, 0.3) is 10.9 Å². The molecule has 1 aromatic heterocycles. The molecule has 1 aliphatic heterocycles. The number of piperidine rings is 1. The van der Waals surface area contributed by atoms with Crippen molar-refractivity contribution in [3.63, 3.8) is 0 Å².